The Morgan fingerprint density at radius 2 is 1.43 bits per heavy atom. The van der Waals surface area contributed by atoms with Crippen LogP contribution in [0.3, 0.4) is 0 Å². The molecule has 1 aliphatic carbocycles. The van der Waals surface area contributed by atoms with Crippen LogP contribution in [-0.2, 0) is 20.7 Å². The molecule has 1 aliphatic heterocycles. The van der Waals surface area contributed by atoms with Crippen molar-refractivity contribution in [3.05, 3.63) is 167 Å². The van der Waals surface area contributed by atoms with Crippen molar-refractivity contribution in [2.45, 2.75) is 85.6 Å². The molecule has 0 radical (unpaired) electrons. The topological polar surface area (TPSA) is 55.8 Å². The molecule has 0 saturated heterocycles. The lowest BCUT2D eigenvalue weighted by Crippen LogP contribution is -2.44. The molecule has 0 spiro atoms. The van der Waals surface area contributed by atoms with Crippen molar-refractivity contribution in [2.24, 2.45) is 0 Å². The Labute approximate surface area is 400 Å². The highest BCUT2D eigenvalue weighted by Gasteiger charge is 2.48. The van der Waals surface area contributed by atoms with E-state index in [1.165, 1.54) is 67.4 Å². The van der Waals surface area contributed by atoms with E-state index in [1.807, 2.05) is 52.0 Å². The Morgan fingerprint density at radius 1 is 0.809 bits per heavy atom. The number of carbonyl (C=O) groups is 2. The lowest BCUT2D eigenvalue weighted by molar-refractivity contribution is -0.858. The maximum atomic E-state index is 14.6. The highest BCUT2D eigenvalue weighted by atomic mass is 19.2. The number of ether oxygens (including phenoxy) is 2. The molecule has 0 saturated carbocycles. The Balaban J connectivity index is 0.00000308. The highest BCUT2D eigenvalue weighted by Crippen LogP contribution is 2.51. The zero-order valence-corrected chi connectivity index (χ0v) is 40.8. The van der Waals surface area contributed by atoms with Crippen molar-refractivity contribution in [3.63, 3.8) is 0 Å². The maximum absolute atomic E-state index is 14.6. The van der Waals surface area contributed by atoms with Gasteiger partial charge in [-0.3, -0.25) is 17.9 Å². The standard InChI is InChI=1S/C57H56BF2N2O4.C2H6/c1-8-65-51(63)31-30-50-44-21-9-10-22-49(44)57(62(50,6)7)54(37(4)61(5)58(59)60)53-35(2)32-41(33-36(53)3)40-19-11-20-42(34-40)66-52(64)27-14-16-38-28-29-48-46-25-13-18-39-17-12-24-45(55(39)46)47-26-15-23-43(38)56(47)48;1-2/h11-13,15,17-20,23-26,28-34,50H,4,8-10,14,16,21-22,27H2,1-3,5-7H3;1-2H3/q+1;/b31-30+,57-54+;. The van der Waals surface area contributed by atoms with E-state index in [0.717, 1.165) is 76.0 Å². The minimum atomic E-state index is -2.76. The number of nitrogens with zero attached hydrogens (tertiary/aromatic N) is 2. The third-order valence-corrected chi connectivity index (χ3v) is 14.0. The van der Waals surface area contributed by atoms with Gasteiger partial charge in [-0.25, -0.2) is 4.79 Å². The first kappa shape index (κ1) is 47.9. The molecule has 68 heavy (non-hydrogen) atoms. The number of benzene rings is 7. The van der Waals surface area contributed by atoms with Crippen LogP contribution in [0.4, 0.5) is 8.63 Å². The largest absolute Gasteiger partial charge is 0.673 e. The summed E-state index contributed by atoms with van der Waals surface area (Å²) in [6.07, 6.45) is 8.74. The second-order valence-corrected chi connectivity index (χ2v) is 18.4. The van der Waals surface area contributed by atoms with Crippen LogP contribution < -0.4 is 4.74 Å². The number of esters is 2. The van der Waals surface area contributed by atoms with Gasteiger partial charge in [-0.15, -0.1) is 0 Å². The van der Waals surface area contributed by atoms with E-state index in [0.29, 0.717) is 22.2 Å². The maximum Gasteiger partial charge on any atom is 0.673 e. The SMILES string of the molecule is C=C(/C(=C1/C2=C(CCCC2)C(/C=C/C(=O)OCC)[N+]1(C)C)c1c(C)cc(-c2cccc(OC(=O)CCCc3ccc4c5cccc6cccc(c7cccc3c74)c65)c2)cc1C)N(C)B(F)F.CC. The summed E-state index contributed by atoms with van der Waals surface area (Å²) < 4.78 is 40.7. The van der Waals surface area contributed by atoms with E-state index in [4.69, 9.17) is 9.47 Å². The summed E-state index contributed by atoms with van der Waals surface area (Å²) in [7, 11) is 2.80. The number of rotatable bonds is 13. The predicted molar refractivity (Wildman–Crippen MR) is 278 cm³/mol. The van der Waals surface area contributed by atoms with Gasteiger partial charge in [-0.1, -0.05) is 111 Å². The summed E-state index contributed by atoms with van der Waals surface area (Å²) in [5.74, 6) is -0.230. The number of quaternary nitrogens is 1. The van der Waals surface area contributed by atoms with E-state index in [-0.39, 0.29) is 30.7 Å². The van der Waals surface area contributed by atoms with Crippen molar-refractivity contribution >= 4 is 68.0 Å². The van der Waals surface area contributed by atoms with Crippen molar-refractivity contribution in [1.29, 1.82) is 0 Å². The second kappa shape index (κ2) is 19.9. The van der Waals surface area contributed by atoms with Gasteiger partial charge >= 0.3 is 19.3 Å². The smallest absolute Gasteiger partial charge is 0.463 e. The molecule has 0 N–H and O–H groups in total. The molecule has 1 unspecified atom stereocenters. The number of carbonyl (C=O) groups excluding carboxylic acids is 2. The summed E-state index contributed by atoms with van der Waals surface area (Å²) in [5, 5.41) is 10.0. The second-order valence-electron chi connectivity index (χ2n) is 18.4. The van der Waals surface area contributed by atoms with Crippen LogP contribution in [-0.4, -0.2) is 62.4 Å². The third-order valence-electron chi connectivity index (χ3n) is 14.0. The van der Waals surface area contributed by atoms with Crippen molar-refractivity contribution < 1.29 is 32.2 Å². The number of hydrogen-bond donors (Lipinski definition) is 0. The van der Waals surface area contributed by atoms with Crippen LogP contribution in [0.15, 0.2) is 144 Å². The molecule has 0 fully saturated rings. The average molecular weight is 912 g/mol. The quantitative estimate of drug-likeness (QED) is 0.0219. The molecule has 0 bridgehead atoms. The monoisotopic (exact) mass is 911 g/mol. The molecule has 0 aromatic heterocycles. The van der Waals surface area contributed by atoms with E-state index in [9.17, 15) is 18.2 Å². The van der Waals surface area contributed by atoms with E-state index >= 15 is 0 Å². The van der Waals surface area contributed by atoms with Crippen LogP contribution in [0.25, 0.3) is 59.8 Å². The molecule has 6 nitrogen and oxygen atoms in total. The van der Waals surface area contributed by atoms with Gasteiger partial charge in [0.25, 0.3) is 0 Å². The zero-order chi connectivity index (χ0) is 48.4. The van der Waals surface area contributed by atoms with Gasteiger partial charge in [0.2, 0.25) is 0 Å². The average Bonchev–Trinajstić information content (AvgIpc) is 3.56. The fourth-order valence-corrected chi connectivity index (χ4v) is 11.0. The molecule has 1 atom stereocenters. The summed E-state index contributed by atoms with van der Waals surface area (Å²) >= 11 is 0. The van der Waals surface area contributed by atoms with E-state index in [1.54, 1.807) is 13.0 Å². The molecule has 1 heterocycles. The molecule has 9 rings (SSSR count). The van der Waals surface area contributed by atoms with Crippen LogP contribution in [0.1, 0.15) is 81.5 Å². The van der Waals surface area contributed by atoms with E-state index in [2.05, 4.69) is 99.5 Å². The number of likely N-dealkylation sites (N-methyl/N-ethyl adjacent to an activating group) is 2. The summed E-state index contributed by atoms with van der Waals surface area (Å²) in [5.41, 5.74) is 9.91. The lowest BCUT2D eigenvalue weighted by atomic mass is 9.84. The number of allylic oxidation sites excluding steroid dienone is 2. The molecule has 7 aromatic rings. The fourth-order valence-electron chi connectivity index (χ4n) is 11.0. The molecule has 0 amide bonds. The van der Waals surface area contributed by atoms with Crippen LogP contribution in [0.5, 0.6) is 5.75 Å². The van der Waals surface area contributed by atoms with Crippen LogP contribution in [0, 0.1) is 13.8 Å². The van der Waals surface area contributed by atoms with E-state index < -0.39 is 13.4 Å². The van der Waals surface area contributed by atoms with Gasteiger partial charge in [0, 0.05) is 29.3 Å². The van der Waals surface area contributed by atoms with Crippen LogP contribution >= 0.6 is 0 Å². The van der Waals surface area contributed by atoms with Gasteiger partial charge in [0.15, 0.2) is 0 Å². The molecular formula is C59H62BF2N2O4+. The zero-order valence-electron chi connectivity index (χ0n) is 40.8. The Morgan fingerprint density at radius 3 is 2.10 bits per heavy atom. The first-order chi connectivity index (χ1) is 32.8. The first-order valence-electron chi connectivity index (χ1n) is 24.1. The number of hydrogen-bond acceptors (Lipinski definition) is 5. The minimum Gasteiger partial charge on any atom is -0.463 e. The summed E-state index contributed by atoms with van der Waals surface area (Å²) in [6.45, 7) is 14.4. The summed E-state index contributed by atoms with van der Waals surface area (Å²) in [6, 6.07) is 35.6. The third kappa shape index (κ3) is 8.85. The van der Waals surface area contributed by atoms with Gasteiger partial charge in [-0.05, 0) is 161 Å². The van der Waals surface area contributed by atoms with Crippen molar-refractivity contribution in [1.82, 2.24) is 4.81 Å². The van der Waals surface area contributed by atoms with Crippen molar-refractivity contribution in [2.75, 3.05) is 27.7 Å². The Hall–Kier alpha value is -6.58. The summed E-state index contributed by atoms with van der Waals surface area (Å²) in [4.78, 5) is 26.9. The predicted octanol–water partition coefficient (Wildman–Crippen LogP) is 14.5. The van der Waals surface area contributed by atoms with Crippen molar-refractivity contribution in [3.8, 4) is 16.9 Å². The molecule has 9 heteroatoms. The molecule has 348 valence electrons. The normalized spacial score (nSPS) is 16.3. The fraction of sp³-hybridized carbons (Fsp3) is 0.288. The molecule has 7 aromatic carbocycles. The lowest BCUT2D eigenvalue weighted by Gasteiger charge is -2.36. The highest BCUT2D eigenvalue weighted by molar-refractivity contribution is 6.40. The molecule has 2 aliphatic rings. The van der Waals surface area contributed by atoms with Crippen LogP contribution in [0.2, 0.25) is 0 Å². The van der Waals surface area contributed by atoms with Gasteiger partial charge in [0.1, 0.15) is 17.5 Å². The van der Waals surface area contributed by atoms with Gasteiger partial charge < -0.3 is 14.3 Å². The Bertz CT molecular complexity index is 3110. The number of halogens is 2. The number of fused-ring (bicyclic) bond motifs is 2. The minimum absolute atomic E-state index is 0.168. The van der Waals surface area contributed by atoms with Gasteiger partial charge in [-0.2, -0.15) is 0 Å². The molecular weight excluding hydrogens is 849 g/mol. The Kier molecular flexibility index (Phi) is 14.1. The van der Waals surface area contributed by atoms with Gasteiger partial charge in [0.05, 0.1) is 26.3 Å². The first-order valence-corrected chi connectivity index (χ1v) is 24.1. The number of aryl methyl sites for hydroxylation is 3.